The second-order valence-electron chi connectivity index (χ2n) is 9.39. The molecule has 0 bridgehead atoms. The van der Waals surface area contributed by atoms with E-state index >= 15 is 0 Å². The molecule has 0 atom stereocenters. The van der Waals surface area contributed by atoms with Crippen molar-refractivity contribution in [2.75, 3.05) is 44.7 Å². The average Bonchev–Trinajstić information content (AvgIpc) is 3.07. The van der Waals surface area contributed by atoms with Crippen LogP contribution in [0.3, 0.4) is 0 Å². The molecular weight excluding hydrogens is 414 g/mol. The fourth-order valence-electron chi connectivity index (χ4n) is 4.94. The second kappa shape index (κ2) is 8.80. The van der Waals surface area contributed by atoms with Crippen LogP contribution in [0.15, 0.2) is 24.3 Å². The van der Waals surface area contributed by atoms with Gasteiger partial charge in [-0.25, -0.2) is 4.98 Å². The Morgan fingerprint density at radius 3 is 2.55 bits per heavy atom. The highest BCUT2D eigenvalue weighted by atomic mass is 16.5. The number of amides is 1. The quantitative estimate of drug-likeness (QED) is 0.626. The zero-order valence-electron chi connectivity index (χ0n) is 20.0. The summed E-state index contributed by atoms with van der Waals surface area (Å²) in [5.41, 5.74) is 7.49. The Morgan fingerprint density at radius 1 is 1.15 bits per heavy atom. The first-order chi connectivity index (χ1) is 15.9. The normalized spacial score (nSPS) is 17.4. The van der Waals surface area contributed by atoms with Crippen molar-refractivity contribution in [3.8, 4) is 0 Å². The maximum absolute atomic E-state index is 13.3. The lowest BCUT2D eigenvalue weighted by Crippen LogP contribution is -2.62. The number of pyridine rings is 1. The van der Waals surface area contributed by atoms with Gasteiger partial charge in [0, 0.05) is 49.8 Å². The van der Waals surface area contributed by atoms with E-state index in [0.717, 1.165) is 67.4 Å². The molecule has 33 heavy (non-hydrogen) atoms. The molecule has 4 heterocycles. The van der Waals surface area contributed by atoms with Gasteiger partial charge in [-0.1, -0.05) is 18.2 Å². The average molecular weight is 448 g/mol. The van der Waals surface area contributed by atoms with E-state index in [2.05, 4.69) is 61.1 Å². The number of aromatic nitrogens is 2. The maximum atomic E-state index is 13.3. The molecule has 2 aliphatic rings. The van der Waals surface area contributed by atoms with Gasteiger partial charge in [0.2, 0.25) is 0 Å². The number of rotatable bonds is 5. The van der Waals surface area contributed by atoms with Crippen molar-refractivity contribution in [3.63, 3.8) is 0 Å². The number of H-pyrrole nitrogens is 1. The highest BCUT2D eigenvalue weighted by Gasteiger charge is 2.36. The van der Waals surface area contributed by atoms with E-state index in [1.165, 1.54) is 16.7 Å². The minimum absolute atomic E-state index is 0.00906. The van der Waals surface area contributed by atoms with Gasteiger partial charge in [-0.15, -0.1) is 0 Å². The Labute approximate surface area is 195 Å². The van der Waals surface area contributed by atoms with Crippen molar-refractivity contribution in [2.45, 2.75) is 40.3 Å². The molecule has 1 amide bonds. The lowest BCUT2D eigenvalue weighted by molar-refractivity contribution is -0.0257. The molecule has 2 saturated heterocycles. The Kier molecular flexibility index (Phi) is 5.85. The number of anilines is 1. The molecule has 7 heteroatoms. The third-order valence-corrected chi connectivity index (χ3v) is 7.31. The molecule has 0 radical (unpaired) electrons. The van der Waals surface area contributed by atoms with E-state index in [4.69, 9.17) is 9.72 Å². The summed E-state index contributed by atoms with van der Waals surface area (Å²) in [5.74, 6) is 0.745. The fraction of sp³-hybridized carbons (Fsp3) is 0.462. The summed E-state index contributed by atoms with van der Waals surface area (Å²) in [5, 5.41) is 4.58. The van der Waals surface area contributed by atoms with Crippen LogP contribution in [0.2, 0.25) is 0 Å². The number of benzene rings is 1. The molecule has 3 aromatic rings. The van der Waals surface area contributed by atoms with Crippen LogP contribution in [0.1, 0.15) is 38.4 Å². The van der Waals surface area contributed by atoms with Crippen LogP contribution in [-0.4, -0.2) is 71.1 Å². The van der Waals surface area contributed by atoms with Crippen molar-refractivity contribution >= 4 is 22.6 Å². The van der Waals surface area contributed by atoms with E-state index < -0.39 is 0 Å². The molecule has 2 fully saturated rings. The van der Waals surface area contributed by atoms with E-state index in [1.54, 1.807) is 0 Å². The summed E-state index contributed by atoms with van der Waals surface area (Å²) in [6.45, 7) is 14.1. The minimum Gasteiger partial charge on any atom is -0.379 e. The predicted molar refractivity (Wildman–Crippen MR) is 131 cm³/mol. The summed E-state index contributed by atoms with van der Waals surface area (Å²) in [6, 6.07) is 8.72. The Morgan fingerprint density at radius 2 is 1.85 bits per heavy atom. The van der Waals surface area contributed by atoms with E-state index in [9.17, 15) is 4.79 Å². The van der Waals surface area contributed by atoms with Gasteiger partial charge in [0.15, 0.2) is 5.82 Å². The second-order valence-corrected chi connectivity index (χ2v) is 9.39. The zero-order valence-corrected chi connectivity index (χ0v) is 20.0. The van der Waals surface area contributed by atoms with Crippen molar-refractivity contribution < 1.29 is 9.53 Å². The standard InChI is InChI=1S/C26H33N5O2/c1-16-6-5-7-17(2)22(16)13-27-25-24-21(18(3)19(4)28-24)12-23(29-25)26(32)31-14-20(15-31)30-8-10-33-11-9-30/h5-7,12,20,28H,8-11,13-15H2,1-4H3,(H,27,29). The lowest BCUT2D eigenvalue weighted by atomic mass is 10.0. The first kappa shape index (κ1) is 21.9. The minimum atomic E-state index is 0.00906. The largest absolute Gasteiger partial charge is 0.379 e. The lowest BCUT2D eigenvalue weighted by Gasteiger charge is -2.46. The predicted octanol–water partition coefficient (Wildman–Crippen LogP) is 3.57. The van der Waals surface area contributed by atoms with E-state index in [0.29, 0.717) is 18.3 Å². The molecule has 2 aromatic heterocycles. The SMILES string of the molecule is Cc1cccc(C)c1CNc1nc(C(=O)N2CC(N3CCOCC3)C2)cc2c(C)c(C)[nH]c12. The summed E-state index contributed by atoms with van der Waals surface area (Å²) in [7, 11) is 0. The van der Waals surface area contributed by atoms with Crippen molar-refractivity contribution in [1.29, 1.82) is 0 Å². The molecule has 2 N–H and O–H groups in total. The number of carbonyl (C=O) groups excluding carboxylic acids is 1. The van der Waals surface area contributed by atoms with Crippen LogP contribution in [0.25, 0.3) is 10.9 Å². The number of aromatic amines is 1. The van der Waals surface area contributed by atoms with E-state index in [-0.39, 0.29) is 5.91 Å². The molecule has 0 saturated carbocycles. The van der Waals surface area contributed by atoms with Crippen LogP contribution in [0.5, 0.6) is 0 Å². The van der Waals surface area contributed by atoms with Crippen LogP contribution in [-0.2, 0) is 11.3 Å². The van der Waals surface area contributed by atoms with Gasteiger partial charge in [0.25, 0.3) is 5.91 Å². The number of carbonyl (C=O) groups is 1. The summed E-state index contributed by atoms with van der Waals surface area (Å²) in [6.07, 6.45) is 0. The Balaban J connectivity index is 1.39. The molecule has 0 spiro atoms. The molecule has 2 aliphatic heterocycles. The fourth-order valence-corrected chi connectivity index (χ4v) is 4.94. The number of hydrogen-bond acceptors (Lipinski definition) is 5. The smallest absolute Gasteiger partial charge is 0.272 e. The zero-order chi connectivity index (χ0) is 23.1. The van der Waals surface area contributed by atoms with Crippen molar-refractivity contribution in [1.82, 2.24) is 19.8 Å². The third-order valence-electron chi connectivity index (χ3n) is 7.31. The summed E-state index contributed by atoms with van der Waals surface area (Å²) < 4.78 is 5.46. The van der Waals surface area contributed by atoms with Gasteiger partial charge in [0.05, 0.1) is 18.7 Å². The first-order valence-electron chi connectivity index (χ1n) is 11.8. The number of aryl methyl sites for hydroxylation is 4. The van der Waals surface area contributed by atoms with Crippen LogP contribution >= 0.6 is 0 Å². The van der Waals surface area contributed by atoms with Gasteiger partial charge in [-0.2, -0.15) is 0 Å². The van der Waals surface area contributed by atoms with Gasteiger partial charge in [-0.05, 0) is 56.0 Å². The Bertz CT molecular complexity index is 1170. The number of nitrogens with one attached hydrogen (secondary N) is 2. The highest BCUT2D eigenvalue weighted by Crippen LogP contribution is 2.29. The van der Waals surface area contributed by atoms with Crippen LogP contribution < -0.4 is 5.32 Å². The number of morpholine rings is 1. The van der Waals surface area contributed by atoms with Crippen LogP contribution in [0.4, 0.5) is 5.82 Å². The molecular formula is C26H33N5O2. The molecule has 0 aliphatic carbocycles. The number of ether oxygens (including phenoxy) is 1. The van der Waals surface area contributed by atoms with Gasteiger partial charge in [-0.3, -0.25) is 9.69 Å². The van der Waals surface area contributed by atoms with Crippen molar-refractivity contribution in [3.05, 3.63) is 57.9 Å². The van der Waals surface area contributed by atoms with Gasteiger partial charge >= 0.3 is 0 Å². The highest BCUT2D eigenvalue weighted by molar-refractivity contribution is 6.01. The number of likely N-dealkylation sites (tertiary alicyclic amines) is 1. The van der Waals surface area contributed by atoms with Crippen molar-refractivity contribution in [2.24, 2.45) is 0 Å². The van der Waals surface area contributed by atoms with Gasteiger partial charge < -0.3 is 19.9 Å². The number of hydrogen-bond donors (Lipinski definition) is 2. The van der Waals surface area contributed by atoms with Crippen LogP contribution in [0, 0.1) is 27.7 Å². The third kappa shape index (κ3) is 4.11. The number of nitrogens with zero attached hydrogens (tertiary/aromatic N) is 3. The molecule has 174 valence electrons. The van der Waals surface area contributed by atoms with Gasteiger partial charge in [0.1, 0.15) is 5.69 Å². The molecule has 1 aromatic carbocycles. The molecule has 0 unspecified atom stereocenters. The molecule has 5 rings (SSSR count). The first-order valence-corrected chi connectivity index (χ1v) is 11.8. The topological polar surface area (TPSA) is 73.5 Å². The molecule has 7 nitrogen and oxygen atoms in total. The monoisotopic (exact) mass is 447 g/mol. The summed E-state index contributed by atoms with van der Waals surface area (Å²) >= 11 is 0. The number of fused-ring (bicyclic) bond motifs is 1. The summed E-state index contributed by atoms with van der Waals surface area (Å²) in [4.78, 5) is 25.9. The maximum Gasteiger partial charge on any atom is 0.272 e. The van der Waals surface area contributed by atoms with E-state index in [1.807, 2.05) is 11.0 Å². The Hall–Kier alpha value is -2.90.